The minimum absolute atomic E-state index is 0.107. The molecule has 5 nitrogen and oxygen atoms in total. The maximum absolute atomic E-state index is 13.7. The highest BCUT2D eigenvalue weighted by Crippen LogP contribution is 2.33. The van der Waals surface area contributed by atoms with Crippen LogP contribution in [0.15, 0.2) is 12.1 Å². The van der Waals surface area contributed by atoms with Crippen LogP contribution in [0.4, 0.5) is 4.39 Å². The molecule has 0 aromatic heterocycles. The number of phenols is 1. The van der Waals surface area contributed by atoms with E-state index in [-0.39, 0.29) is 23.6 Å². The van der Waals surface area contributed by atoms with E-state index in [1.54, 1.807) is 0 Å². The molecule has 1 rings (SSSR count). The SMILES string of the molecule is COc1c(O)ccc(C(CN)C(=O)O)c1F. The molecule has 0 spiro atoms. The maximum atomic E-state index is 13.7. The van der Waals surface area contributed by atoms with Gasteiger partial charge in [0.05, 0.1) is 13.0 Å². The number of methoxy groups -OCH3 is 1. The van der Waals surface area contributed by atoms with Crippen molar-refractivity contribution in [2.24, 2.45) is 5.73 Å². The molecule has 1 aromatic rings. The summed E-state index contributed by atoms with van der Waals surface area (Å²) < 4.78 is 18.4. The van der Waals surface area contributed by atoms with Crippen LogP contribution in [-0.2, 0) is 4.79 Å². The lowest BCUT2D eigenvalue weighted by molar-refractivity contribution is -0.138. The van der Waals surface area contributed by atoms with E-state index in [1.807, 2.05) is 0 Å². The predicted molar refractivity (Wildman–Crippen MR) is 54.0 cm³/mol. The zero-order chi connectivity index (χ0) is 12.3. The number of aromatic hydroxyl groups is 1. The number of carboxylic acid groups (broad SMARTS) is 1. The van der Waals surface area contributed by atoms with Crippen LogP contribution in [0.25, 0.3) is 0 Å². The van der Waals surface area contributed by atoms with Crippen molar-refractivity contribution in [1.82, 2.24) is 0 Å². The van der Waals surface area contributed by atoms with E-state index in [2.05, 4.69) is 4.74 Å². The van der Waals surface area contributed by atoms with Crippen molar-refractivity contribution in [3.05, 3.63) is 23.5 Å². The second-order valence-corrected chi connectivity index (χ2v) is 3.15. The molecule has 16 heavy (non-hydrogen) atoms. The Morgan fingerprint density at radius 1 is 1.62 bits per heavy atom. The molecule has 1 unspecified atom stereocenters. The molecule has 0 fully saturated rings. The molecular weight excluding hydrogens is 217 g/mol. The van der Waals surface area contributed by atoms with Gasteiger partial charge in [0.15, 0.2) is 17.3 Å². The predicted octanol–water partition coefficient (Wildman–Crippen LogP) is 0.667. The van der Waals surface area contributed by atoms with Gasteiger partial charge in [0, 0.05) is 12.1 Å². The number of hydrogen-bond acceptors (Lipinski definition) is 4. The second-order valence-electron chi connectivity index (χ2n) is 3.15. The number of benzene rings is 1. The summed E-state index contributed by atoms with van der Waals surface area (Å²) in [5.74, 6) is -4.05. The number of carboxylic acids is 1. The van der Waals surface area contributed by atoms with Crippen molar-refractivity contribution in [1.29, 1.82) is 0 Å². The average molecular weight is 229 g/mol. The van der Waals surface area contributed by atoms with Gasteiger partial charge in [-0.05, 0) is 6.07 Å². The molecule has 0 radical (unpaired) electrons. The first-order valence-electron chi connectivity index (χ1n) is 4.51. The average Bonchev–Trinajstić information content (AvgIpc) is 2.22. The Bertz CT molecular complexity index is 408. The van der Waals surface area contributed by atoms with E-state index in [0.29, 0.717) is 0 Å². The largest absolute Gasteiger partial charge is 0.504 e. The Labute approximate surface area is 91.3 Å². The number of halogens is 1. The van der Waals surface area contributed by atoms with Gasteiger partial charge in [-0.2, -0.15) is 0 Å². The standard InChI is InChI=1S/C10H12FNO4/c1-16-9-7(13)3-2-5(8(9)11)6(4-12)10(14)15/h2-3,6,13H,4,12H2,1H3,(H,14,15). The number of aliphatic carboxylic acids is 1. The summed E-state index contributed by atoms with van der Waals surface area (Å²) in [5, 5.41) is 18.1. The summed E-state index contributed by atoms with van der Waals surface area (Å²) in [6.07, 6.45) is 0. The number of nitrogens with two attached hydrogens (primary N) is 1. The highest BCUT2D eigenvalue weighted by molar-refractivity contribution is 5.77. The Kier molecular flexibility index (Phi) is 3.68. The van der Waals surface area contributed by atoms with Gasteiger partial charge in [0.25, 0.3) is 0 Å². The van der Waals surface area contributed by atoms with Gasteiger partial charge < -0.3 is 20.7 Å². The van der Waals surface area contributed by atoms with E-state index < -0.39 is 17.7 Å². The van der Waals surface area contributed by atoms with Crippen LogP contribution in [0.1, 0.15) is 11.5 Å². The van der Waals surface area contributed by atoms with Crippen molar-refractivity contribution in [2.75, 3.05) is 13.7 Å². The van der Waals surface area contributed by atoms with E-state index >= 15 is 0 Å². The van der Waals surface area contributed by atoms with Crippen LogP contribution < -0.4 is 10.5 Å². The molecule has 0 heterocycles. The fourth-order valence-electron chi connectivity index (χ4n) is 1.39. The lowest BCUT2D eigenvalue weighted by Crippen LogP contribution is -2.22. The van der Waals surface area contributed by atoms with Gasteiger partial charge in [0.2, 0.25) is 0 Å². The summed E-state index contributed by atoms with van der Waals surface area (Å²) in [6.45, 7) is -0.236. The topological polar surface area (TPSA) is 92.8 Å². The third-order valence-corrected chi connectivity index (χ3v) is 2.22. The van der Waals surface area contributed by atoms with E-state index in [0.717, 1.165) is 0 Å². The van der Waals surface area contributed by atoms with Gasteiger partial charge in [-0.15, -0.1) is 0 Å². The monoisotopic (exact) mass is 229 g/mol. The van der Waals surface area contributed by atoms with Crippen LogP contribution in [0, 0.1) is 5.82 Å². The molecular formula is C10H12FNO4. The Hall–Kier alpha value is -1.82. The van der Waals surface area contributed by atoms with E-state index in [1.165, 1.54) is 19.2 Å². The van der Waals surface area contributed by atoms with Crippen molar-refractivity contribution in [2.45, 2.75) is 5.92 Å². The summed E-state index contributed by atoms with van der Waals surface area (Å²) in [6, 6.07) is 2.35. The van der Waals surface area contributed by atoms with E-state index in [9.17, 15) is 14.3 Å². The Balaban J connectivity index is 3.29. The fourth-order valence-corrected chi connectivity index (χ4v) is 1.39. The van der Waals surface area contributed by atoms with Gasteiger partial charge in [0.1, 0.15) is 0 Å². The normalized spacial score (nSPS) is 12.2. The maximum Gasteiger partial charge on any atom is 0.312 e. The summed E-state index contributed by atoms with van der Waals surface area (Å²) in [5.41, 5.74) is 5.15. The molecule has 0 bridgehead atoms. The number of ether oxygens (including phenoxy) is 1. The molecule has 88 valence electrons. The number of carbonyl (C=O) groups is 1. The van der Waals surface area contributed by atoms with Crippen LogP contribution in [0.2, 0.25) is 0 Å². The summed E-state index contributed by atoms with van der Waals surface area (Å²) in [7, 11) is 1.18. The lowest BCUT2D eigenvalue weighted by Gasteiger charge is -2.13. The Morgan fingerprint density at radius 2 is 2.25 bits per heavy atom. The highest BCUT2D eigenvalue weighted by Gasteiger charge is 2.25. The highest BCUT2D eigenvalue weighted by atomic mass is 19.1. The van der Waals surface area contributed by atoms with Crippen molar-refractivity contribution >= 4 is 5.97 Å². The smallest absolute Gasteiger partial charge is 0.312 e. The molecule has 6 heteroatoms. The molecule has 0 saturated carbocycles. The van der Waals surface area contributed by atoms with Crippen LogP contribution in [-0.4, -0.2) is 29.8 Å². The van der Waals surface area contributed by atoms with Gasteiger partial charge in [-0.3, -0.25) is 4.79 Å². The van der Waals surface area contributed by atoms with Gasteiger partial charge in [-0.25, -0.2) is 4.39 Å². The molecule has 0 amide bonds. The minimum atomic E-state index is -1.23. The third kappa shape index (κ3) is 2.06. The van der Waals surface area contributed by atoms with Crippen molar-refractivity contribution < 1.29 is 24.1 Å². The third-order valence-electron chi connectivity index (χ3n) is 2.22. The molecule has 0 aliphatic rings. The molecule has 0 saturated heterocycles. The zero-order valence-corrected chi connectivity index (χ0v) is 8.61. The first-order chi connectivity index (χ1) is 7.52. The van der Waals surface area contributed by atoms with Crippen LogP contribution in [0.3, 0.4) is 0 Å². The minimum Gasteiger partial charge on any atom is -0.504 e. The molecule has 1 atom stereocenters. The Morgan fingerprint density at radius 3 is 2.69 bits per heavy atom. The molecule has 0 aliphatic heterocycles. The second kappa shape index (κ2) is 4.80. The number of rotatable bonds is 4. The van der Waals surface area contributed by atoms with E-state index in [4.69, 9.17) is 10.8 Å². The lowest BCUT2D eigenvalue weighted by atomic mass is 9.98. The zero-order valence-electron chi connectivity index (χ0n) is 8.61. The van der Waals surface area contributed by atoms with Crippen molar-refractivity contribution in [3.8, 4) is 11.5 Å². The quantitative estimate of drug-likeness (QED) is 0.705. The van der Waals surface area contributed by atoms with Gasteiger partial charge >= 0.3 is 5.97 Å². The first kappa shape index (κ1) is 12.3. The van der Waals surface area contributed by atoms with Crippen LogP contribution in [0.5, 0.6) is 11.5 Å². The number of hydrogen-bond donors (Lipinski definition) is 3. The van der Waals surface area contributed by atoms with Gasteiger partial charge in [-0.1, -0.05) is 6.07 Å². The summed E-state index contributed by atoms with van der Waals surface area (Å²) >= 11 is 0. The van der Waals surface area contributed by atoms with Crippen molar-refractivity contribution in [3.63, 3.8) is 0 Å². The fraction of sp³-hybridized carbons (Fsp3) is 0.300. The molecule has 1 aromatic carbocycles. The molecule has 0 aliphatic carbocycles. The number of phenolic OH excluding ortho intramolecular Hbond substituents is 1. The van der Waals surface area contributed by atoms with Crippen LogP contribution >= 0.6 is 0 Å². The molecule has 4 N–H and O–H groups in total. The first-order valence-corrected chi connectivity index (χ1v) is 4.51. The summed E-state index contributed by atoms with van der Waals surface area (Å²) in [4.78, 5) is 10.8.